The summed E-state index contributed by atoms with van der Waals surface area (Å²) < 4.78 is 30.5. The fourth-order valence-corrected chi connectivity index (χ4v) is 2.62. The average Bonchev–Trinajstić information content (AvgIpc) is 2.81. The van der Waals surface area contributed by atoms with Crippen LogP contribution in [0.25, 0.3) is 0 Å². The monoisotopic (exact) mass is 324 g/mol. The van der Waals surface area contributed by atoms with Crippen LogP contribution in [0.4, 0.5) is 14.6 Å². The normalized spacial score (nSPS) is 16.8. The summed E-state index contributed by atoms with van der Waals surface area (Å²) in [6.07, 6.45) is -0.478. The number of anilines is 1. The van der Waals surface area contributed by atoms with Gasteiger partial charge in [-0.05, 0) is 6.42 Å². The lowest BCUT2D eigenvalue weighted by Gasteiger charge is -2.22. The first-order valence-corrected chi connectivity index (χ1v) is 7.48. The van der Waals surface area contributed by atoms with Crippen molar-refractivity contribution in [2.75, 3.05) is 31.1 Å². The third-order valence-corrected chi connectivity index (χ3v) is 3.74. The Morgan fingerprint density at radius 3 is 2.83 bits per heavy atom. The lowest BCUT2D eigenvalue weighted by atomic mass is 10.3. The van der Waals surface area contributed by atoms with E-state index < -0.39 is 6.43 Å². The minimum atomic E-state index is -2.58. The molecule has 0 unspecified atom stereocenters. The van der Waals surface area contributed by atoms with Crippen LogP contribution < -0.4 is 4.90 Å². The lowest BCUT2D eigenvalue weighted by Crippen LogP contribution is -2.31. The van der Waals surface area contributed by atoms with Crippen LogP contribution in [0.3, 0.4) is 0 Å². The molecule has 7 nitrogen and oxygen atoms in total. The Kier molecular flexibility index (Phi) is 4.75. The highest BCUT2D eigenvalue weighted by Crippen LogP contribution is 2.21. The average molecular weight is 324 g/mol. The summed E-state index contributed by atoms with van der Waals surface area (Å²) in [5, 5.41) is 3.90. The fourth-order valence-electron chi connectivity index (χ4n) is 2.62. The first kappa shape index (κ1) is 15.7. The fraction of sp³-hybridized carbons (Fsp3) is 0.571. The topological polar surface area (TPSA) is 71.2 Å². The number of hydrogen-bond acceptors (Lipinski definition) is 7. The maximum Gasteiger partial charge on any atom is 0.280 e. The summed E-state index contributed by atoms with van der Waals surface area (Å²) in [4.78, 5) is 16.2. The summed E-state index contributed by atoms with van der Waals surface area (Å²) in [5.41, 5.74) is -0.238. The van der Waals surface area contributed by atoms with Gasteiger partial charge >= 0.3 is 0 Å². The largest absolute Gasteiger partial charge is 0.355 e. The molecule has 0 aromatic carbocycles. The Balaban J connectivity index is 1.63. The van der Waals surface area contributed by atoms with Crippen molar-refractivity contribution < 1.29 is 13.3 Å². The molecule has 0 saturated carbocycles. The first-order valence-electron chi connectivity index (χ1n) is 7.48. The Morgan fingerprint density at radius 1 is 1.22 bits per heavy atom. The van der Waals surface area contributed by atoms with Gasteiger partial charge in [-0.2, -0.15) is 4.98 Å². The van der Waals surface area contributed by atoms with Crippen molar-refractivity contribution >= 4 is 5.82 Å². The molecule has 0 aliphatic carbocycles. The molecule has 9 heteroatoms. The second-order valence-corrected chi connectivity index (χ2v) is 5.45. The van der Waals surface area contributed by atoms with Gasteiger partial charge in [-0.15, -0.1) is 0 Å². The van der Waals surface area contributed by atoms with Crippen LogP contribution in [0, 0.1) is 6.92 Å². The van der Waals surface area contributed by atoms with Gasteiger partial charge in [0.1, 0.15) is 17.8 Å². The van der Waals surface area contributed by atoms with E-state index in [4.69, 9.17) is 4.52 Å². The smallest absolute Gasteiger partial charge is 0.280 e. The Morgan fingerprint density at radius 2 is 2.09 bits per heavy atom. The molecule has 2 aromatic heterocycles. The molecule has 23 heavy (non-hydrogen) atoms. The van der Waals surface area contributed by atoms with Crippen LogP contribution in [-0.4, -0.2) is 51.2 Å². The van der Waals surface area contributed by atoms with Crippen LogP contribution in [0.1, 0.15) is 30.3 Å². The number of aromatic nitrogens is 4. The van der Waals surface area contributed by atoms with Gasteiger partial charge < -0.3 is 9.42 Å². The molecule has 2 aromatic rings. The molecule has 0 amide bonds. The van der Waals surface area contributed by atoms with E-state index in [0.717, 1.165) is 26.1 Å². The molecule has 0 radical (unpaired) electrons. The van der Waals surface area contributed by atoms with Gasteiger partial charge in [0.25, 0.3) is 6.43 Å². The second kappa shape index (κ2) is 6.95. The van der Waals surface area contributed by atoms with E-state index in [2.05, 4.69) is 25.0 Å². The van der Waals surface area contributed by atoms with Crippen molar-refractivity contribution in [2.24, 2.45) is 0 Å². The van der Waals surface area contributed by atoms with Crippen molar-refractivity contribution in [1.82, 2.24) is 25.0 Å². The summed E-state index contributed by atoms with van der Waals surface area (Å²) in [6, 6.07) is 1.36. The zero-order chi connectivity index (χ0) is 16.2. The van der Waals surface area contributed by atoms with Crippen molar-refractivity contribution in [3.8, 4) is 0 Å². The van der Waals surface area contributed by atoms with E-state index in [1.54, 1.807) is 6.92 Å². The number of alkyl halides is 2. The molecule has 1 saturated heterocycles. The predicted octanol–water partition coefficient (Wildman–Crippen LogP) is 1.82. The molecular weight excluding hydrogens is 306 g/mol. The molecule has 0 spiro atoms. The third-order valence-electron chi connectivity index (χ3n) is 3.74. The van der Waals surface area contributed by atoms with Crippen LogP contribution in [0.15, 0.2) is 16.9 Å². The molecule has 0 N–H and O–H groups in total. The molecule has 1 aliphatic heterocycles. The summed E-state index contributed by atoms with van der Waals surface area (Å²) in [5.74, 6) is 1.77. The van der Waals surface area contributed by atoms with Gasteiger partial charge in [0, 0.05) is 39.2 Å². The molecule has 1 aliphatic rings. The van der Waals surface area contributed by atoms with E-state index in [1.165, 1.54) is 12.4 Å². The van der Waals surface area contributed by atoms with Crippen LogP contribution in [-0.2, 0) is 6.54 Å². The van der Waals surface area contributed by atoms with Crippen molar-refractivity contribution in [3.05, 3.63) is 29.8 Å². The molecule has 0 bridgehead atoms. The number of nitrogens with zero attached hydrogens (tertiary/aromatic N) is 6. The molecule has 124 valence electrons. The van der Waals surface area contributed by atoms with E-state index in [9.17, 15) is 8.78 Å². The summed E-state index contributed by atoms with van der Waals surface area (Å²) >= 11 is 0. The maximum absolute atomic E-state index is 12.8. The third kappa shape index (κ3) is 3.98. The molecular formula is C14H18F2N6O. The maximum atomic E-state index is 12.8. The van der Waals surface area contributed by atoms with E-state index >= 15 is 0 Å². The van der Waals surface area contributed by atoms with Gasteiger partial charge in [0.15, 0.2) is 5.82 Å². The highest BCUT2D eigenvalue weighted by atomic mass is 19.3. The number of aryl methyl sites for hydroxylation is 1. The van der Waals surface area contributed by atoms with Gasteiger partial charge in [0.05, 0.1) is 6.54 Å². The number of halogens is 2. The van der Waals surface area contributed by atoms with Gasteiger partial charge in [-0.3, -0.25) is 4.90 Å². The standard InChI is InChI=1S/C14H18F2N6O/c1-10-19-12(20-23-10)8-21-3-2-4-22(6-5-21)13-7-11(14(15)16)17-9-18-13/h7,9,14H,2-6,8H2,1H3. The number of rotatable bonds is 4. The molecule has 0 atom stereocenters. The van der Waals surface area contributed by atoms with Crippen LogP contribution in [0.5, 0.6) is 0 Å². The first-order chi connectivity index (χ1) is 11.1. The highest BCUT2D eigenvalue weighted by molar-refractivity contribution is 5.39. The Bertz CT molecular complexity index is 650. The van der Waals surface area contributed by atoms with Gasteiger partial charge in [-0.25, -0.2) is 18.7 Å². The minimum Gasteiger partial charge on any atom is -0.355 e. The van der Waals surface area contributed by atoms with Crippen LogP contribution in [0.2, 0.25) is 0 Å². The molecule has 3 rings (SSSR count). The SMILES string of the molecule is Cc1nc(CN2CCCN(c3cc(C(F)F)ncn3)CC2)no1. The van der Waals surface area contributed by atoms with Crippen molar-refractivity contribution in [1.29, 1.82) is 0 Å². The molecule has 3 heterocycles. The van der Waals surface area contributed by atoms with Gasteiger partial charge in [0.2, 0.25) is 5.89 Å². The minimum absolute atomic E-state index is 0.238. The second-order valence-electron chi connectivity index (χ2n) is 5.45. The van der Waals surface area contributed by atoms with E-state index in [0.29, 0.717) is 30.6 Å². The van der Waals surface area contributed by atoms with Gasteiger partial charge in [-0.1, -0.05) is 5.16 Å². The summed E-state index contributed by atoms with van der Waals surface area (Å²) in [6.45, 7) is 5.52. The van der Waals surface area contributed by atoms with Crippen molar-refractivity contribution in [2.45, 2.75) is 26.3 Å². The summed E-state index contributed by atoms with van der Waals surface area (Å²) in [7, 11) is 0. The van der Waals surface area contributed by atoms with Crippen molar-refractivity contribution in [3.63, 3.8) is 0 Å². The zero-order valence-electron chi connectivity index (χ0n) is 12.8. The predicted molar refractivity (Wildman–Crippen MR) is 78.1 cm³/mol. The Hall–Kier alpha value is -2.16. The number of hydrogen-bond donors (Lipinski definition) is 0. The molecule has 1 fully saturated rings. The quantitative estimate of drug-likeness (QED) is 0.849. The van der Waals surface area contributed by atoms with E-state index in [-0.39, 0.29) is 5.69 Å². The Labute approximate surface area is 132 Å². The highest BCUT2D eigenvalue weighted by Gasteiger charge is 2.19. The lowest BCUT2D eigenvalue weighted by molar-refractivity contribution is 0.146. The van der Waals surface area contributed by atoms with E-state index in [1.807, 2.05) is 4.90 Å². The van der Waals surface area contributed by atoms with Crippen LogP contribution >= 0.6 is 0 Å². The zero-order valence-corrected chi connectivity index (χ0v) is 12.8.